The molecule has 1 aromatic rings. The third kappa shape index (κ3) is 2.11. The molecule has 1 aliphatic rings. The van der Waals surface area contributed by atoms with Crippen molar-refractivity contribution in [3.8, 4) is 0 Å². The molecule has 0 bridgehead atoms. The lowest BCUT2D eigenvalue weighted by molar-refractivity contribution is 0.642. The first-order chi connectivity index (χ1) is 7.18. The van der Waals surface area contributed by atoms with Gasteiger partial charge < -0.3 is 4.90 Å². The van der Waals surface area contributed by atoms with Crippen LogP contribution in [-0.2, 0) is 0 Å². The molecule has 0 saturated heterocycles. The Morgan fingerprint density at radius 1 is 1.27 bits per heavy atom. The standard InChI is InChI=1S/C12H19N3/c1-9-8-13-10(2)14-12(9)15(3)11-6-4-5-7-11/h8,11H,4-7H2,1-3H3. The molecule has 0 amide bonds. The number of hydrogen-bond acceptors (Lipinski definition) is 3. The molecule has 82 valence electrons. The Labute approximate surface area is 91.5 Å². The second kappa shape index (κ2) is 4.17. The van der Waals surface area contributed by atoms with Gasteiger partial charge in [0.25, 0.3) is 0 Å². The first-order valence-corrected chi connectivity index (χ1v) is 5.71. The van der Waals surface area contributed by atoms with Gasteiger partial charge in [-0.15, -0.1) is 0 Å². The molecule has 3 heteroatoms. The van der Waals surface area contributed by atoms with Gasteiger partial charge in [-0.3, -0.25) is 0 Å². The van der Waals surface area contributed by atoms with Crippen molar-refractivity contribution in [2.24, 2.45) is 0 Å². The minimum atomic E-state index is 0.679. The molecule has 0 atom stereocenters. The third-order valence-corrected chi connectivity index (χ3v) is 3.27. The van der Waals surface area contributed by atoms with Gasteiger partial charge in [0.2, 0.25) is 0 Å². The lowest BCUT2D eigenvalue weighted by Gasteiger charge is -2.26. The highest BCUT2D eigenvalue weighted by atomic mass is 15.2. The third-order valence-electron chi connectivity index (χ3n) is 3.27. The SMILES string of the molecule is Cc1ncc(C)c(N(C)C2CCCC2)n1. The molecule has 0 spiro atoms. The first-order valence-electron chi connectivity index (χ1n) is 5.71. The van der Waals surface area contributed by atoms with Crippen LogP contribution in [0.2, 0.25) is 0 Å². The summed E-state index contributed by atoms with van der Waals surface area (Å²) in [7, 11) is 2.16. The topological polar surface area (TPSA) is 29.0 Å². The molecule has 1 fully saturated rings. The number of rotatable bonds is 2. The van der Waals surface area contributed by atoms with Gasteiger partial charge >= 0.3 is 0 Å². The summed E-state index contributed by atoms with van der Waals surface area (Å²) in [6, 6.07) is 0.679. The fourth-order valence-corrected chi connectivity index (χ4v) is 2.34. The van der Waals surface area contributed by atoms with E-state index in [1.165, 1.54) is 31.2 Å². The van der Waals surface area contributed by atoms with E-state index in [0.717, 1.165) is 11.6 Å². The molecule has 0 aromatic carbocycles. The zero-order valence-corrected chi connectivity index (χ0v) is 9.82. The number of aryl methyl sites for hydroxylation is 2. The Kier molecular flexibility index (Phi) is 2.89. The van der Waals surface area contributed by atoms with Gasteiger partial charge in [-0.05, 0) is 26.7 Å². The Hall–Kier alpha value is -1.12. The summed E-state index contributed by atoms with van der Waals surface area (Å²) >= 11 is 0. The quantitative estimate of drug-likeness (QED) is 0.742. The van der Waals surface area contributed by atoms with Crippen molar-refractivity contribution in [3.05, 3.63) is 17.6 Å². The van der Waals surface area contributed by atoms with Crippen LogP contribution in [0.25, 0.3) is 0 Å². The molecule has 1 aliphatic carbocycles. The molecule has 0 N–H and O–H groups in total. The summed E-state index contributed by atoms with van der Waals surface area (Å²) in [5, 5.41) is 0. The highest BCUT2D eigenvalue weighted by Crippen LogP contribution is 2.27. The minimum Gasteiger partial charge on any atom is -0.356 e. The molecular weight excluding hydrogens is 186 g/mol. The van der Waals surface area contributed by atoms with Crippen LogP contribution >= 0.6 is 0 Å². The lowest BCUT2D eigenvalue weighted by Crippen LogP contribution is -2.30. The maximum Gasteiger partial charge on any atom is 0.135 e. The largest absolute Gasteiger partial charge is 0.356 e. The van der Waals surface area contributed by atoms with Gasteiger partial charge in [-0.25, -0.2) is 9.97 Å². The fraction of sp³-hybridized carbons (Fsp3) is 0.667. The highest BCUT2D eigenvalue weighted by molar-refractivity contribution is 5.45. The van der Waals surface area contributed by atoms with Crippen molar-refractivity contribution in [3.63, 3.8) is 0 Å². The summed E-state index contributed by atoms with van der Waals surface area (Å²) in [4.78, 5) is 11.1. The predicted molar refractivity (Wildman–Crippen MR) is 62.2 cm³/mol. The average Bonchev–Trinajstić information content (AvgIpc) is 2.74. The molecule has 2 rings (SSSR count). The molecule has 0 unspecified atom stereocenters. The molecule has 1 saturated carbocycles. The van der Waals surface area contributed by atoms with Crippen LogP contribution in [0.4, 0.5) is 5.82 Å². The van der Waals surface area contributed by atoms with Crippen LogP contribution in [-0.4, -0.2) is 23.1 Å². The number of anilines is 1. The molecule has 15 heavy (non-hydrogen) atoms. The van der Waals surface area contributed by atoms with Gasteiger partial charge in [0.1, 0.15) is 11.6 Å². The Bertz CT molecular complexity index is 343. The van der Waals surface area contributed by atoms with Gasteiger partial charge in [0.05, 0.1) is 0 Å². The fourth-order valence-electron chi connectivity index (χ4n) is 2.34. The van der Waals surface area contributed by atoms with Crippen molar-refractivity contribution < 1.29 is 0 Å². The Balaban J connectivity index is 2.23. The normalized spacial score (nSPS) is 17.0. The number of hydrogen-bond donors (Lipinski definition) is 0. The van der Waals surface area contributed by atoms with E-state index in [9.17, 15) is 0 Å². The Morgan fingerprint density at radius 3 is 2.60 bits per heavy atom. The van der Waals surface area contributed by atoms with E-state index >= 15 is 0 Å². The van der Waals surface area contributed by atoms with Crippen LogP contribution < -0.4 is 4.90 Å². The summed E-state index contributed by atoms with van der Waals surface area (Å²) in [6.07, 6.45) is 7.25. The van der Waals surface area contributed by atoms with Crippen molar-refractivity contribution in [2.75, 3.05) is 11.9 Å². The van der Waals surface area contributed by atoms with E-state index in [2.05, 4.69) is 28.8 Å². The van der Waals surface area contributed by atoms with Crippen LogP contribution in [0.15, 0.2) is 6.20 Å². The second-order valence-electron chi connectivity index (χ2n) is 4.47. The van der Waals surface area contributed by atoms with Crippen molar-refractivity contribution in [1.82, 2.24) is 9.97 Å². The monoisotopic (exact) mass is 205 g/mol. The zero-order chi connectivity index (χ0) is 10.8. The number of nitrogens with zero attached hydrogens (tertiary/aromatic N) is 3. The second-order valence-corrected chi connectivity index (χ2v) is 4.47. The van der Waals surface area contributed by atoms with Crippen molar-refractivity contribution in [2.45, 2.75) is 45.6 Å². The summed E-state index contributed by atoms with van der Waals surface area (Å²) in [5.74, 6) is 1.97. The minimum absolute atomic E-state index is 0.679. The summed E-state index contributed by atoms with van der Waals surface area (Å²) in [5.41, 5.74) is 1.18. The van der Waals surface area contributed by atoms with Gasteiger partial charge in [-0.2, -0.15) is 0 Å². The van der Waals surface area contributed by atoms with Gasteiger partial charge in [-0.1, -0.05) is 12.8 Å². The lowest BCUT2D eigenvalue weighted by atomic mass is 10.2. The smallest absolute Gasteiger partial charge is 0.135 e. The maximum absolute atomic E-state index is 4.53. The van der Waals surface area contributed by atoms with Crippen LogP contribution in [0.3, 0.4) is 0 Å². The van der Waals surface area contributed by atoms with Gasteiger partial charge in [0, 0.05) is 24.8 Å². The van der Waals surface area contributed by atoms with E-state index in [4.69, 9.17) is 0 Å². The molecule has 0 aliphatic heterocycles. The summed E-state index contributed by atoms with van der Waals surface area (Å²) in [6.45, 7) is 4.03. The van der Waals surface area contributed by atoms with E-state index < -0.39 is 0 Å². The Morgan fingerprint density at radius 2 is 1.93 bits per heavy atom. The molecule has 3 nitrogen and oxygen atoms in total. The van der Waals surface area contributed by atoms with Gasteiger partial charge in [0.15, 0.2) is 0 Å². The van der Waals surface area contributed by atoms with E-state index in [1.807, 2.05) is 13.1 Å². The van der Waals surface area contributed by atoms with Crippen LogP contribution in [0, 0.1) is 13.8 Å². The molecular formula is C12H19N3. The predicted octanol–water partition coefficient (Wildman–Crippen LogP) is 2.47. The number of aromatic nitrogens is 2. The average molecular weight is 205 g/mol. The zero-order valence-electron chi connectivity index (χ0n) is 9.82. The van der Waals surface area contributed by atoms with Crippen LogP contribution in [0.5, 0.6) is 0 Å². The maximum atomic E-state index is 4.53. The van der Waals surface area contributed by atoms with E-state index in [1.54, 1.807) is 0 Å². The first kappa shape index (κ1) is 10.4. The molecule has 1 aromatic heterocycles. The molecule has 0 radical (unpaired) electrons. The summed E-state index contributed by atoms with van der Waals surface area (Å²) < 4.78 is 0. The van der Waals surface area contributed by atoms with Crippen molar-refractivity contribution in [1.29, 1.82) is 0 Å². The molecule has 1 heterocycles. The van der Waals surface area contributed by atoms with E-state index in [0.29, 0.717) is 6.04 Å². The van der Waals surface area contributed by atoms with Crippen molar-refractivity contribution >= 4 is 5.82 Å². The van der Waals surface area contributed by atoms with E-state index in [-0.39, 0.29) is 0 Å². The highest BCUT2D eigenvalue weighted by Gasteiger charge is 2.21. The van der Waals surface area contributed by atoms with Crippen LogP contribution in [0.1, 0.15) is 37.1 Å².